The molecule has 0 atom stereocenters. The first-order chi connectivity index (χ1) is 11.6. The maximum atomic E-state index is 13.2. The van der Waals surface area contributed by atoms with Crippen LogP contribution in [0.1, 0.15) is 19.3 Å². The minimum atomic E-state index is -3.53. The lowest BCUT2D eigenvalue weighted by atomic mass is 10.2. The second-order valence-corrected chi connectivity index (χ2v) is 9.17. The molecule has 3 aromatic rings. The van der Waals surface area contributed by atoms with Crippen LogP contribution in [0.25, 0.3) is 10.1 Å². The zero-order valence-electron chi connectivity index (χ0n) is 13.3. The van der Waals surface area contributed by atoms with E-state index in [9.17, 15) is 8.42 Å². The highest BCUT2D eigenvalue weighted by atomic mass is 32.2. The fourth-order valence-corrected chi connectivity index (χ4v) is 5.66. The molecular formula is C19H19NO2S2. The van der Waals surface area contributed by atoms with E-state index in [0.717, 1.165) is 21.5 Å². The number of nitrogens with zero attached hydrogens (tertiary/aromatic N) is 1. The first-order valence-corrected chi connectivity index (χ1v) is 10.5. The van der Waals surface area contributed by atoms with E-state index in [4.69, 9.17) is 0 Å². The number of fused-ring (bicyclic) bond motifs is 1. The SMILES string of the molecule is O=S(=O)(c1ccccc1)N(CCC1CC1)c1cc2ccccc2s1. The molecule has 0 bridgehead atoms. The molecule has 24 heavy (non-hydrogen) atoms. The fraction of sp³-hybridized carbons (Fsp3) is 0.263. The van der Waals surface area contributed by atoms with Gasteiger partial charge in [-0.25, -0.2) is 8.42 Å². The van der Waals surface area contributed by atoms with Crippen LogP contribution in [0.15, 0.2) is 65.6 Å². The fourth-order valence-electron chi connectivity index (χ4n) is 2.87. The standard InChI is InChI=1S/C19H19NO2S2/c21-24(22,17-7-2-1-3-8-17)20(13-12-15-10-11-15)19-14-16-6-4-5-9-18(16)23-19/h1-9,14-15H,10-13H2. The van der Waals surface area contributed by atoms with Gasteiger partial charge < -0.3 is 0 Å². The van der Waals surface area contributed by atoms with Gasteiger partial charge >= 0.3 is 0 Å². The lowest BCUT2D eigenvalue weighted by Crippen LogP contribution is -2.31. The molecule has 0 saturated heterocycles. The van der Waals surface area contributed by atoms with Gasteiger partial charge in [-0.2, -0.15) is 0 Å². The van der Waals surface area contributed by atoms with Gasteiger partial charge in [-0.1, -0.05) is 49.2 Å². The molecule has 0 radical (unpaired) electrons. The summed E-state index contributed by atoms with van der Waals surface area (Å²) in [5, 5.41) is 1.90. The summed E-state index contributed by atoms with van der Waals surface area (Å²) in [6, 6.07) is 18.8. The van der Waals surface area contributed by atoms with Gasteiger partial charge in [0.25, 0.3) is 10.0 Å². The number of anilines is 1. The first kappa shape index (κ1) is 15.7. The smallest absolute Gasteiger partial charge is 0.257 e. The Labute approximate surface area is 146 Å². The number of hydrogen-bond acceptors (Lipinski definition) is 3. The predicted molar refractivity (Wildman–Crippen MR) is 100 cm³/mol. The Morgan fingerprint density at radius 2 is 1.71 bits per heavy atom. The molecular weight excluding hydrogens is 338 g/mol. The number of hydrogen-bond donors (Lipinski definition) is 0. The molecule has 5 heteroatoms. The third-order valence-corrected chi connectivity index (χ3v) is 7.51. The van der Waals surface area contributed by atoms with Gasteiger partial charge in [0.1, 0.15) is 5.00 Å². The number of rotatable bonds is 6. The van der Waals surface area contributed by atoms with Gasteiger partial charge in [0.2, 0.25) is 0 Å². The van der Waals surface area contributed by atoms with Crippen LogP contribution < -0.4 is 4.31 Å². The van der Waals surface area contributed by atoms with E-state index in [0.29, 0.717) is 17.4 Å². The van der Waals surface area contributed by atoms with Crippen LogP contribution in [-0.2, 0) is 10.0 Å². The van der Waals surface area contributed by atoms with Crippen molar-refractivity contribution in [3.8, 4) is 0 Å². The lowest BCUT2D eigenvalue weighted by Gasteiger charge is -2.22. The van der Waals surface area contributed by atoms with Gasteiger partial charge in [-0.15, -0.1) is 11.3 Å². The average Bonchev–Trinajstić information content (AvgIpc) is 3.32. The van der Waals surface area contributed by atoms with Crippen LogP contribution in [-0.4, -0.2) is 15.0 Å². The molecule has 0 aliphatic heterocycles. The summed E-state index contributed by atoms with van der Waals surface area (Å²) in [7, 11) is -3.53. The minimum Gasteiger partial charge on any atom is -0.257 e. The van der Waals surface area contributed by atoms with Crippen LogP contribution >= 0.6 is 11.3 Å². The van der Waals surface area contributed by atoms with E-state index in [1.54, 1.807) is 39.9 Å². The van der Waals surface area contributed by atoms with Crippen LogP contribution in [0, 0.1) is 5.92 Å². The van der Waals surface area contributed by atoms with Gasteiger partial charge in [0.05, 0.1) is 4.90 Å². The molecule has 1 fully saturated rings. The highest BCUT2D eigenvalue weighted by molar-refractivity contribution is 7.93. The lowest BCUT2D eigenvalue weighted by molar-refractivity contribution is 0.587. The zero-order chi connectivity index (χ0) is 16.6. The quantitative estimate of drug-likeness (QED) is 0.629. The predicted octanol–water partition coefficient (Wildman–Crippen LogP) is 4.90. The molecule has 0 unspecified atom stereocenters. The molecule has 1 heterocycles. The van der Waals surface area contributed by atoms with E-state index in [1.807, 2.05) is 36.4 Å². The summed E-state index contributed by atoms with van der Waals surface area (Å²) >= 11 is 1.55. The Bertz CT molecular complexity index is 911. The van der Waals surface area contributed by atoms with Crippen molar-refractivity contribution in [2.24, 2.45) is 5.92 Å². The van der Waals surface area contributed by atoms with Gasteiger partial charge in [-0.3, -0.25) is 4.31 Å². The van der Waals surface area contributed by atoms with Crippen LogP contribution in [0.4, 0.5) is 5.00 Å². The summed E-state index contributed by atoms with van der Waals surface area (Å²) in [6.07, 6.45) is 3.39. The minimum absolute atomic E-state index is 0.359. The monoisotopic (exact) mass is 357 g/mol. The molecule has 0 spiro atoms. The molecule has 0 N–H and O–H groups in total. The summed E-state index contributed by atoms with van der Waals surface area (Å²) in [4.78, 5) is 0.359. The third kappa shape index (κ3) is 3.06. The van der Waals surface area contributed by atoms with Crippen LogP contribution in [0.5, 0.6) is 0 Å². The number of thiophene rings is 1. The summed E-state index contributed by atoms with van der Waals surface area (Å²) in [6.45, 7) is 0.550. The molecule has 3 nitrogen and oxygen atoms in total. The van der Waals surface area contributed by atoms with Gasteiger partial charge in [0.15, 0.2) is 0 Å². The molecule has 124 valence electrons. The second-order valence-electron chi connectivity index (χ2n) is 6.24. The average molecular weight is 358 g/mol. The van der Waals surface area contributed by atoms with Crippen molar-refractivity contribution in [1.29, 1.82) is 0 Å². The topological polar surface area (TPSA) is 37.4 Å². The van der Waals surface area contributed by atoms with E-state index >= 15 is 0 Å². The summed E-state index contributed by atoms with van der Waals surface area (Å²) in [5.41, 5.74) is 0. The molecule has 1 aliphatic rings. The van der Waals surface area contributed by atoms with Crippen molar-refractivity contribution >= 4 is 36.4 Å². The van der Waals surface area contributed by atoms with Crippen molar-refractivity contribution in [1.82, 2.24) is 0 Å². The number of sulfonamides is 1. The Morgan fingerprint density at radius 1 is 1.00 bits per heavy atom. The van der Waals surface area contributed by atoms with E-state index in [-0.39, 0.29) is 0 Å². The van der Waals surface area contributed by atoms with E-state index < -0.39 is 10.0 Å². The second kappa shape index (κ2) is 6.22. The Hall–Kier alpha value is -1.85. The van der Waals surface area contributed by atoms with Crippen LogP contribution in [0.3, 0.4) is 0 Å². The molecule has 2 aromatic carbocycles. The van der Waals surface area contributed by atoms with Crippen molar-refractivity contribution in [2.75, 3.05) is 10.8 Å². The van der Waals surface area contributed by atoms with Crippen molar-refractivity contribution in [3.63, 3.8) is 0 Å². The number of benzene rings is 2. The molecule has 1 aromatic heterocycles. The van der Waals surface area contributed by atoms with Crippen LogP contribution in [0.2, 0.25) is 0 Å². The normalized spacial score (nSPS) is 14.8. The van der Waals surface area contributed by atoms with Crippen molar-refractivity contribution in [3.05, 3.63) is 60.7 Å². The Balaban J connectivity index is 1.75. The van der Waals surface area contributed by atoms with Gasteiger partial charge in [-0.05, 0) is 42.0 Å². The summed E-state index contributed by atoms with van der Waals surface area (Å²) in [5.74, 6) is 0.688. The third-order valence-electron chi connectivity index (χ3n) is 4.43. The van der Waals surface area contributed by atoms with Crippen molar-refractivity contribution < 1.29 is 8.42 Å². The van der Waals surface area contributed by atoms with Crippen molar-refractivity contribution in [2.45, 2.75) is 24.2 Å². The molecule has 4 rings (SSSR count). The maximum absolute atomic E-state index is 13.2. The van der Waals surface area contributed by atoms with Gasteiger partial charge in [0, 0.05) is 11.2 Å². The molecule has 1 saturated carbocycles. The highest BCUT2D eigenvalue weighted by Gasteiger charge is 2.29. The Morgan fingerprint density at radius 3 is 2.42 bits per heavy atom. The van der Waals surface area contributed by atoms with E-state index in [2.05, 4.69) is 0 Å². The molecule has 0 amide bonds. The maximum Gasteiger partial charge on any atom is 0.264 e. The summed E-state index contributed by atoms with van der Waals surface area (Å²) < 4.78 is 29.1. The highest BCUT2D eigenvalue weighted by Crippen LogP contribution is 2.38. The first-order valence-electron chi connectivity index (χ1n) is 8.21. The van der Waals surface area contributed by atoms with E-state index in [1.165, 1.54) is 12.8 Å². The zero-order valence-corrected chi connectivity index (χ0v) is 14.9. The Kier molecular flexibility index (Phi) is 4.06. The largest absolute Gasteiger partial charge is 0.264 e. The molecule has 1 aliphatic carbocycles.